The molecule has 0 bridgehead atoms. The highest BCUT2D eigenvalue weighted by Crippen LogP contribution is 2.18. The molecule has 0 aliphatic carbocycles. The van der Waals surface area contributed by atoms with Crippen LogP contribution in [0.2, 0.25) is 0 Å². The third-order valence-corrected chi connectivity index (χ3v) is 3.59. The quantitative estimate of drug-likeness (QED) is 0.845. The molecule has 2 N–H and O–H groups in total. The lowest BCUT2D eigenvalue weighted by molar-refractivity contribution is -0.115. The van der Waals surface area contributed by atoms with E-state index in [1.165, 1.54) is 0 Å². The molecule has 2 aromatic rings. The van der Waals surface area contributed by atoms with Gasteiger partial charge in [0.2, 0.25) is 5.91 Å². The van der Waals surface area contributed by atoms with Crippen molar-refractivity contribution in [3.05, 3.63) is 52.4 Å². The van der Waals surface area contributed by atoms with Crippen LogP contribution in [0.25, 0.3) is 0 Å². The third-order valence-electron chi connectivity index (χ3n) is 3.16. The van der Waals surface area contributed by atoms with E-state index in [4.69, 9.17) is 4.42 Å². The van der Waals surface area contributed by atoms with Crippen LogP contribution in [0.4, 0.5) is 5.69 Å². The number of hydrogen-bond acceptors (Lipinski definition) is 3. The van der Waals surface area contributed by atoms with Crippen molar-refractivity contribution in [2.45, 2.75) is 26.3 Å². The Morgan fingerprint density at radius 3 is 2.41 bits per heavy atom. The van der Waals surface area contributed by atoms with E-state index in [0.717, 1.165) is 11.3 Å². The average molecular weight is 365 g/mol. The molecule has 1 atom stereocenters. The first kappa shape index (κ1) is 16.3. The normalized spacial score (nSPS) is 11.8. The highest BCUT2D eigenvalue weighted by Gasteiger charge is 2.14. The fraction of sp³-hybridized carbons (Fsp3) is 0.250. The molecule has 6 heteroatoms. The van der Waals surface area contributed by atoms with Crippen LogP contribution in [0, 0.1) is 0 Å². The molecular weight excluding hydrogens is 348 g/mol. The third kappa shape index (κ3) is 4.21. The van der Waals surface area contributed by atoms with Gasteiger partial charge in [0.25, 0.3) is 5.91 Å². The molecule has 5 nitrogen and oxygen atoms in total. The average Bonchev–Trinajstić information content (AvgIpc) is 2.94. The molecule has 2 amide bonds. The van der Waals surface area contributed by atoms with E-state index in [-0.39, 0.29) is 23.6 Å². The van der Waals surface area contributed by atoms with Gasteiger partial charge in [0.1, 0.15) is 0 Å². The Bertz CT molecular complexity index is 664. The lowest BCUT2D eigenvalue weighted by Crippen LogP contribution is -2.26. The summed E-state index contributed by atoms with van der Waals surface area (Å²) in [7, 11) is 0. The molecule has 0 saturated heterocycles. The van der Waals surface area contributed by atoms with Crippen LogP contribution >= 0.6 is 15.9 Å². The molecule has 1 unspecified atom stereocenters. The van der Waals surface area contributed by atoms with Gasteiger partial charge in [-0.1, -0.05) is 19.1 Å². The maximum Gasteiger partial charge on any atom is 0.287 e. The Hall–Kier alpha value is -2.08. The second kappa shape index (κ2) is 7.26. The van der Waals surface area contributed by atoms with Gasteiger partial charge < -0.3 is 15.1 Å². The van der Waals surface area contributed by atoms with Crippen LogP contribution in [-0.4, -0.2) is 11.8 Å². The van der Waals surface area contributed by atoms with Crippen LogP contribution in [0.1, 0.15) is 42.4 Å². The zero-order valence-corrected chi connectivity index (χ0v) is 13.9. The van der Waals surface area contributed by atoms with Gasteiger partial charge in [0.05, 0.1) is 6.04 Å². The molecule has 0 saturated carbocycles. The fourth-order valence-electron chi connectivity index (χ4n) is 1.89. The number of carbonyl (C=O) groups is 2. The van der Waals surface area contributed by atoms with Crippen LogP contribution in [0.5, 0.6) is 0 Å². The molecule has 1 aromatic heterocycles. The Labute approximate surface area is 137 Å². The molecule has 1 aromatic carbocycles. The summed E-state index contributed by atoms with van der Waals surface area (Å²) >= 11 is 3.16. The highest BCUT2D eigenvalue weighted by molar-refractivity contribution is 9.10. The second-order valence-electron chi connectivity index (χ2n) is 4.82. The molecule has 22 heavy (non-hydrogen) atoms. The van der Waals surface area contributed by atoms with Crippen LogP contribution in [0.3, 0.4) is 0 Å². The molecule has 0 radical (unpaired) electrons. The van der Waals surface area contributed by atoms with E-state index in [9.17, 15) is 9.59 Å². The molecule has 116 valence electrons. The van der Waals surface area contributed by atoms with Gasteiger partial charge in [0.15, 0.2) is 10.4 Å². The van der Waals surface area contributed by atoms with E-state index in [1.54, 1.807) is 19.1 Å². The number of benzene rings is 1. The van der Waals surface area contributed by atoms with E-state index < -0.39 is 0 Å². The summed E-state index contributed by atoms with van der Waals surface area (Å²) in [6.07, 6.45) is 0.437. The van der Waals surface area contributed by atoms with Crippen molar-refractivity contribution in [3.8, 4) is 0 Å². The minimum absolute atomic E-state index is 0.0301. The zero-order chi connectivity index (χ0) is 16.1. The molecule has 1 heterocycles. The number of amides is 2. The molecule has 0 fully saturated rings. The predicted octanol–water partition coefficient (Wildman–Crippen LogP) is 3.88. The van der Waals surface area contributed by atoms with Crippen molar-refractivity contribution in [3.63, 3.8) is 0 Å². The minimum atomic E-state index is -0.276. The fourth-order valence-corrected chi connectivity index (χ4v) is 2.20. The van der Waals surface area contributed by atoms with Gasteiger partial charge in [-0.3, -0.25) is 9.59 Å². The predicted molar refractivity (Wildman–Crippen MR) is 87.7 cm³/mol. The number of rotatable bonds is 5. The molecular formula is C16H17BrN2O3. The number of hydrogen-bond donors (Lipinski definition) is 2. The van der Waals surface area contributed by atoms with Gasteiger partial charge in [-0.25, -0.2) is 0 Å². The van der Waals surface area contributed by atoms with Crippen molar-refractivity contribution >= 4 is 33.4 Å². The first-order valence-electron chi connectivity index (χ1n) is 6.95. The lowest BCUT2D eigenvalue weighted by Gasteiger charge is -2.14. The largest absolute Gasteiger partial charge is 0.444 e. The molecule has 0 aliphatic rings. The molecule has 0 aliphatic heterocycles. The van der Waals surface area contributed by atoms with Gasteiger partial charge in [-0.15, -0.1) is 0 Å². The van der Waals surface area contributed by atoms with E-state index >= 15 is 0 Å². The Morgan fingerprint density at radius 2 is 1.86 bits per heavy atom. The summed E-state index contributed by atoms with van der Waals surface area (Å²) < 4.78 is 5.73. The first-order valence-corrected chi connectivity index (χ1v) is 7.75. The van der Waals surface area contributed by atoms with E-state index in [1.807, 2.05) is 31.2 Å². The van der Waals surface area contributed by atoms with Crippen molar-refractivity contribution in [1.82, 2.24) is 5.32 Å². The monoisotopic (exact) mass is 364 g/mol. The maximum atomic E-state index is 12.0. The SMILES string of the molecule is CCC(=O)Nc1ccc(C(C)NC(=O)c2ccc(Br)o2)cc1. The topological polar surface area (TPSA) is 71.3 Å². The Balaban J connectivity index is 1.99. The summed E-state index contributed by atoms with van der Waals surface area (Å²) in [5.74, 6) is -0.0513. The number of nitrogens with one attached hydrogen (secondary N) is 2. The number of carbonyl (C=O) groups excluding carboxylic acids is 2. The smallest absolute Gasteiger partial charge is 0.287 e. The standard InChI is InChI=1S/C16H17BrN2O3/c1-3-15(20)19-12-6-4-11(5-7-12)10(2)18-16(21)13-8-9-14(17)22-13/h4-10H,3H2,1-2H3,(H,18,21)(H,19,20). The van der Waals surface area contributed by atoms with Crippen molar-refractivity contribution in [2.24, 2.45) is 0 Å². The summed E-state index contributed by atoms with van der Waals surface area (Å²) in [5, 5.41) is 5.64. The van der Waals surface area contributed by atoms with Gasteiger partial charge >= 0.3 is 0 Å². The van der Waals surface area contributed by atoms with Crippen LogP contribution in [0.15, 0.2) is 45.5 Å². The van der Waals surface area contributed by atoms with E-state index in [2.05, 4.69) is 26.6 Å². The van der Waals surface area contributed by atoms with Gasteiger partial charge in [-0.05, 0) is 52.7 Å². The Morgan fingerprint density at radius 1 is 1.18 bits per heavy atom. The van der Waals surface area contributed by atoms with Crippen molar-refractivity contribution in [2.75, 3.05) is 5.32 Å². The summed E-state index contributed by atoms with van der Waals surface area (Å²) in [6.45, 7) is 3.68. The summed E-state index contributed by atoms with van der Waals surface area (Å²) in [4.78, 5) is 23.3. The van der Waals surface area contributed by atoms with Crippen LogP contribution < -0.4 is 10.6 Å². The van der Waals surface area contributed by atoms with Crippen LogP contribution in [-0.2, 0) is 4.79 Å². The van der Waals surface area contributed by atoms with Gasteiger partial charge in [-0.2, -0.15) is 0 Å². The van der Waals surface area contributed by atoms with Crippen molar-refractivity contribution < 1.29 is 14.0 Å². The second-order valence-corrected chi connectivity index (χ2v) is 5.60. The Kier molecular flexibility index (Phi) is 5.38. The molecule has 2 rings (SSSR count). The maximum absolute atomic E-state index is 12.0. The summed E-state index contributed by atoms with van der Waals surface area (Å²) in [5.41, 5.74) is 1.68. The number of anilines is 1. The minimum Gasteiger partial charge on any atom is -0.444 e. The lowest BCUT2D eigenvalue weighted by atomic mass is 10.1. The zero-order valence-electron chi connectivity index (χ0n) is 12.4. The number of furan rings is 1. The first-order chi connectivity index (χ1) is 10.5. The number of halogens is 1. The molecule has 0 spiro atoms. The summed E-state index contributed by atoms with van der Waals surface area (Å²) in [6, 6.07) is 10.5. The van der Waals surface area contributed by atoms with Crippen molar-refractivity contribution in [1.29, 1.82) is 0 Å². The van der Waals surface area contributed by atoms with Gasteiger partial charge in [0, 0.05) is 12.1 Å². The highest BCUT2D eigenvalue weighted by atomic mass is 79.9. The van der Waals surface area contributed by atoms with E-state index in [0.29, 0.717) is 11.1 Å².